The summed E-state index contributed by atoms with van der Waals surface area (Å²) in [5, 5.41) is 3.14. The third kappa shape index (κ3) is 3.15. The lowest BCUT2D eigenvalue weighted by molar-refractivity contribution is 0.0487. The Morgan fingerprint density at radius 2 is 1.96 bits per heavy atom. The summed E-state index contributed by atoms with van der Waals surface area (Å²) < 4.78 is 5.55. The van der Waals surface area contributed by atoms with E-state index in [1.165, 1.54) is 5.56 Å². The highest BCUT2D eigenvalue weighted by molar-refractivity contribution is 5.97. The van der Waals surface area contributed by atoms with Crippen molar-refractivity contribution in [1.29, 1.82) is 0 Å². The summed E-state index contributed by atoms with van der Waals surface area (Å²) in [7, 11) is 0. The number of nitrogens with one attached hydrogen (secondary N) is 2. The van der Waals surface area contributed by atoms with Crippen molar-refractivity contribution in [2.45, 2.75) is 18.3 Å². The number of carbonyl (C=O) groups is 1. The van der Waals surface area contributed by atoms with Crippen molar-refractivity contribution in [3.8, 4) is 0 Å². The van der Waals surface area contributed by atoms with Crippen molar-refractivity contribution < 1.29 is 9.53 Å². The van der Waals surface area contributed by atoms with Crippen LogP contribution in [0.2, 0.25) is 0 Å². The van der Waals surface area contributed by atoms with Gasteiger partial charge in [-0.3, -0.25) is 4.79 Å². The zero-order valence-corrected chi connectivity index (χ0v) is 14.0. The Kier molecular flexibility index (Phi) is 4.24. The fourth-order valence-corrected chi connectivity index (χ4v) is 3.55. The van der Waals surface area contributed by atoms with Gasteiger partial charge in [0.15, 0.2) is 0 Å². The van der Waals surface area contributed by atoms with Crippen molar-refractivity contribution in [3.05, 3.63) is 66.0 Å². The highest BCUT2D eigenvalue weighted by Crippen LogP contribution is 2.34. The first-order chi connectivity index (χ1) is 12.3. The number of aromatic nitrogens is 2. The van der Waals surface area contributed by atoms with Crippen molar-refractivity contribution in [2.75, 3.05) is 19.8 Å². The van der Waals surface area contributed by atoms with Gasteiger partial charge in [-0.25, -0.2) is 4.98 Å². The highest BCUT2D eigenvalue weighted by atomic mass is 16.5. The fraction of sp³-hybridized carbons (Fsp3) is 0.300. The second-order valence-electron chi connectivity index (χ2n) is 6.58. The van der Waals surface area contributed by atoms with E-state index < -0.39 is 0 Å². The Morgan fingerprint density at radius 1 is 1.16 bits per heavy atom. The number of nitrogens with zero attached hydrogens (tertiary/aromatic N) is 1. The molecule has 5 nitrogen and oxygen atoms in total. The maximum atomic E-state index is 12.6. The Morgan fingerprint density at radius 3 is 2.76 bits per heavy atom. The molecule has 1 fully saturated rings. The number of benzene rings is 2. The van der Waals surface area contributed by atoms with E-state index in [4.69, 9.17) is 4.74 Å². The molecule has 25 heavy (non-hydrogen) atoms. The predicted molar refractivity (Wildman–Crippen MR) is 96.6 cm³/mol. The second-order valence-corrected chi connectivity index (χ2v) is 6.58. The molecule has 1 saturated heterocycles. The monoisotopic (exact) mass is 335 g/mol. The van der Waals surface area contributed by atoms with E-state index in [9.17, 15) is 4.79 Å². The molecule has 0 unspecified atom stereocenters. The second kappa shape index (κ2) is 6.69. The minimum Gasteiger partial charge on any atom is -0.381 e. The molecule has 128 valence electrons. The van der Waals surface area contributed by atoms with Gasteiger partial charge >= 0.3 is 0 Å². The van der Waals surface area contributed by atoms with Crippen LogP contribution in [0.4, 0.5) is 0 Å². The normalized spacial score (nSPS) is 16.6. The highest BCUT2D eigenvalue weighted by Gasteiger charge is 2.34. The van der Waals surface area contributed by atoms with Crippen LogP contribution < -0.4 is 5.32 Å². The van der Waals surface area contributed by atoms with Crippen molar-refractivity contribution in [2.24, 2.45) is 0 Å². The van der Waals surface area contributed by atoms with E-state index in [1.807, 2.05) is 24.3 Å². The van der Waals surface area contributed by atoms with Gasteiger partial charge in [-0.2, -0.15) is 0 Å². The molecule has 2 aromatic carbocycles. The maximum Gasteiger partial charge on any atom is 0.251 e. The molecule has 5 heteroatoms. The molecule has 4 rings (SSSR count). The lowest BCUT2D eigenvalue weighted by Gasteiger charge is -2.38. The smallest absolute Gasteiger partial charge is 0.251 e. The summed E-state index contributed by atoms with van der Waals surface area (Å²) in [6.45, 7) is 2.07. The van der Waals surface area contributed by atoms with Crippen LogP contribution in [0.5, 0.6) is 0 Å². The molecule has 0 aliphatic carbocycles. The van der Waals surface area contributed by atoms with Gasteiger partial charge in [0.25, 0.3) is 5.91 Å². The van der Waals surface area contributed by atoms with Crippen molar-refractivity contribution >= 4 is 16.9 Å². The lowest BCUT2D eigenvalue weighted by Crippen LogP contribution is -2.44. The van der Waals surface area contributed by atoms with Gasteiger partial charge < -0.3 is 15.0 Å². The summed E-state index contributed by atoms with van der Waals surface area (Å²) >= 11 is 0. The van der Waals surface area contributed by atoms with Crippen molar-refractivity contribution in [1.82, 2.24) is 15.3 Å². The van der Waals surface area contributed by atoms with Gasteiger partial charge in [0.1, 0.15) is 0 Å². The SMILES string of the molecule is O=C(NCC1(c2ccccc2)CCOCC1)c1ccc2nc[nH]c2c1. The van der Waals surface area contributed by atoms with Crippen LogP contribution in [-0.2, 0) is 10.2 Å². The van der Waals surface area contributed by atoms with E-state index in [-0.39, 0.29) is 11.3 Å². The number of ether oxygens (including phenoxy) is 1. The number of aromatic amines is 1. The molecule has 1 aliphatic heterocycles. The average molecular weight is 335 g/mol. The summed E-state index contributed by atoms with van der Waals surface area (Å²) in [4.78, 5) is 19.9. The van der Waals surface area contributed by atoms with Crippen LogP contribution in [-0.4, -0.2) is 35.6 Å². The maximum absolute atomic E-state index is 12.6. The van der Waals surface area contributed by atoms with E-state index in [0.29, 0.717) is 12.1 Å². The number of H-pyrrole nitrogens is 1. The number of hydrogen-bond acceptors (Lipinski definition) is 3. The molecular weight excluding hydrogens is 314 g/mol. The van der Waals surface area contributed by atoms with E-state index >= 15 is 0 Å². The standard InChI is InChI=1S/C20H21N3O2/c24-19(15-6-7-17-18(12-15)23-14-22-17)21-13-20(8-10-25-11-9-20)16-4-2-1-3-5-16/h1-7,12,14H,8-11,13H2,(H,21,24)(H,22,23). The zero-order valence-electron chi connectivity index (χ0n) is 14.0. The first-order valence-electron chi connectivity index (χ1n) is 8.61. The average Bonchev–Trinajstić information content (AvgIpc) is 3.15. The summed E-state index contributed by atoms with van der Waals surface area (Å²) in [5.74, 6) is -0.0571. The molecule has 0 radical (unpaired) electrons. The number of imidazole rings is 1. The number of fused-ring (bicyclic) bond motifs is 1. The first kappa shape index (κ1) is 15.8. The molecular formula is C20H21N3O2. The van der Waals surface area contributed by atoms with E-state index in [0.717, 1.165) is 37.1 Å². The van der Waals surface area contributed by atoms with Crippen LogP contribution in [0.3, 0.4) is 0 Å². The van der Waals surface area contributed by atoms with Crippen LogP contribution >= 0.6 is 0 Å². The summed E-state index contributed by atoms with van der Waals surface area (Å²) in [5.41, 5.74) is 3.58. The fourth-order valence-electron chi connectivity index (χ4n) is 3.55. The summed E-state index contributed by atoms with van der Waals surface area (Å²) in [6.07, 6.45) is 3.46. The quantitative estimate of drug-likeness (QED) is 0.770. The van der Waals surface area contributed by atoms with Crippen LogP contribution in [0, 0.1) is 0 Å². The van der Waals surface area contributed by atoms with Crippen LogP contribution in [0.1, 0.15) is 28.8 Å². The molecule has 0 spiro atoms. The molecule has 0 atom stereocenters. The van der Waals surface area contributed by atoms with Crippen LogP contribution in [0.25, 0.3) is 11.0 Å². The third-order valence-corrected chi connectivity index (χ3v) is 5.11. The molecule has 0 bridgehead atoms. The molecule has 3 aromatic rings. The largest absolute Gasteiger partial charge is 0.381 e. The Labute approximate surface area is 146 Å². The molecule has 2 heterocycles. The number of hydrogen-bond donors (Lipinski definition) is 2. The topological polar surface area (TPSA) is 67.0 Å². The number of rotatable bonds is 4. The van der Waals surface area contributed by atoms with Crippen molar-refractivity contribution in [3.63, 3.8) is 0 Å². The van der Waals surface area contributed by atoms with Gasteiger partial charge in [0, 0.05) is 30.7 Å². The van der Waals surface area contributed by atoms with E-state index in [1.54, 1.807) is 6.33 Å². The van der Waals surface area contributed by atoms with Crippen LogP contribution in [0.15, 0.2) is 54.9 Å². The zero-order chi connectivity index (χ0) is 17.1. The third-order valence-electron chi connectivity index (χ3n) is 5.11. The summed E-state index contributed by atoms with van der Waals surface area (Å²) in [6, 6.07) is 16.0. The Balaban J connectivity index is 1.53. The molecule has 0 saturated carbocycles. The predicted octanol–water partition coefficient (Wildman–Crippen LogP) is 3.04. The van der Waals surface area contributed by atoms with Gasteiger partial charge in [-0.1, -0.05) is 30.3 Å². The minimum atomic E-state index is -0.0622. The number of carbonyl (C=O) groups excluding carboxylic acids is 1. The minimum absolute atomic E-state index is 0.0571. The molecule has 1 amide bonds. The molecule has 1 aromatic heterocycles. The van der Waals surface area contributed by atoms with Gasteiger partial charge in [0.05, 0.1) is 17.4 Å². The van der Waals surface area contributed by atoms with Gasteiger partial charge in [-0.15, -0.1) is 0 Å². The molecule has 2 N–H and O–H groups in total. The Bertz CT molecular complexity index is 867. The Hall–Kier alpha value is -2.66. The van der Waals surface area contributed by atoms with E-state index in [2.05, 4.69) is 39.6 Å². The van der Waals surface area contributed by atoms with Gasteiger partial charge in [0.2, 0.25) is 0 Å². The van der Waals surface area contributed by atoms with Gasteiger partial charge in [-0.05, 0) is 36.6 Å². The first-order valence-corrected chi connectivity index (χ1v) is 8.61. The number of amides is 1. The molecule has 1 aliphatic rings. The lowest BCUT2D eigenvalue weighted by atomic mass is 9.74.